The minimum absolute atomic E-state index is 0. The zero-order valence-electron chi connectivity index (χ0n) is 11.2. The summed E-state index contributed by atoms with van der Waals surface area (Å²) in [6, 6.07) is 1.32. The standard InChI is InChI=1S/C11H23Si2.2ClH.Zr/c1-12(2,3)10-8-7-9-11-13(4,5)6;;;/h8-10H,11H2,1-6H3;2*1H;/q;;;+2/p-2. The molecule has 0 spiro atoms. The maximum Gasteiger partial charge on any atom is -1.00 e. The van der Waals surface area contributed by atoms with Gasteiger partial charge in [-0.15, -0.1) is 0 Å². The van der Waals surface area contributed by atoms with Gasteiger partial charge in [-0.3, -0.25) is 0 Å². The van der Waals surface area contributed by atoms with Crippen molar-refractivity contribution < 1.29 is 49.5 Å². The quantitative estimate of drug-likeness (QED) is 0.403. The largest absolute Gasteiger partial charge is 1.00 e. The van der Waals surface area contributed by atoms with E-state index in [4.69, 9.17) is 0 Å². The molecule has 0 atom stereocenters. The molecule has 0 aliphatic heterocycles. The molecule has 0 saturated heterocycles. The third-order valence-corrected chi connectivity index (χ3v) is 5.20. The van der Waals surface area contributed by atoms with E-state index in [1.54, 1.807) is 24.7 Å². The second kappa shape index (κ2) is 9.33. The van der Waals surface area contributed by atoms with Crippen molar-refractivity contribution in [1.29, 1.82) is 0 Å². The van der Waals surface area contributed by atoms with Crippen molar-refractivity contribution >= 4 is 16.1 Å². The first kappa shape index (κ1) is 22.5. The van der Waals surface area contributed by atoms with E-state index in [9.17, 15) is 0 Å². The molecule has 0 radical (unpaired) electrons. The Labute approximate surface area is 131 Å². The Bertz CT molecular complexity index is 237. The van der Waals surface area contributed by atoms with Gasteiger partial charge in [-0.2, -0.15) is 0 Å². The average molecular weight is 374 g/mol. The smallest absolute Gasteiger partial charge is 1.00 e. The van der Waals surface area contributed by atoms with Crippen LogP contribution in [0.25, 0.3) is 0 Å². The number of hydrogen-bond acceptors (Lipinski definition) is 0. The predicted molar refractivity (Wildman–Crippen MR) is 68.7 cm³/mol. The van der Waals surface area contributed by atoms with Gasteiger partial charge in [0.15, 0.2) is 0 Å². The molecule has 0 saturated carbocycles. The molecule has 0 rings (SSSR count). The van der Waals surface area contributed by atoms with Crippen LogP contribution in [0.5, 0.6) is 0 Å². The predicted octanol–water partition coefficient (Wildman–Crippen LogP) is -1.80. The molecular formula is C11H23Cl2Si2Zr. The van der Waals surface area contributed by atoms with Gasteiger partial charge in [-0.25, -0.2) is 0 Å². The van der Waals surface area contributed by atoms with Gasteiger partial charge in [-0.05, 0) is 0 Å². The van der Waals surface area contributed by atoms with E-state index >= 15 is 0 Å². The minimum atomic E-state index is -0.991. The van der Waals surface area contributed by atoms with Crippen LogP contribution in [0.2, 0.25) is 45.3 Å². The Morgan fingerprint density at radius 3 is 1.75 bits per heavy atom. The van der Waals surface area contributed by atoms with Gasteiger partial charge in [0, 0.05) is 0 Å². The van der Waals surface area contributed by atoms with Crippen molar-refractivity contribution in [1.82, 2.24) is 0 Å². The summed E-state index contributed by atoms with van der Waals surface area (Å²) in [5.41, 5.74) is 2.44. The Morgan fingerprint density at radius 2 is 1.44 bits per heavy atom. The minimum Gasteiger partial charge on any atom is -1.00 e. The second-order valence-corrected chi connectivity index (χ2v) is 18.1. The van der Waals surface area contributed by atoms with Crippen LogP contribution in [-0.4, -0.2) is 16.1 Å². The molecule has 0 aromatic rings. The molecule has 0 fully saturated rings. The fraction of sp³-hybridized carbons (Fsp3) is 0.636. The van der Waals surface area contributed by atoms with E-state index in [1.807, 2.05) is 0 Å². The third-order valence-electron chi connectivity index (χ3n) is 1.70. The molecule has 0 aromatic carbocycles. The molecule has 0 N–H and O–H groups in total. The van der Waals surface area contributed by atoms with Gasteiger partial charge in [0.05, 0.1) is 0 Å². The maximum atomic E-state index is 2.45. The number of hydrogen-bond donors (Lipinski definition) is 0. The molecule has 5 heteroatoms. The number of halogens is 2. The third kappa shape index (κ3) is 17.8. The number of rotatable bonds is 4. The van der Waals surface area contributed by atoms with Gasteiger partial charge in [0.2, 0.25) is 0 Å². The SMILES string of the molecule is C[Si](C)(C)C=C[C]([Zr+2])=CC[Si](C)(C)C.[Cl-].[Cl-]. The maximum absolute atomic E-state index is 2.45. The van der Waals surface area contributed by atoms with Crippen LogP contribution in [0.15, 0.2) is 21.1 Å². The fourth-order valence-electron chi connectivity index (χ4n) is 0.824. The molecule has 0 amide bonds. The summed E-state index contributed by atoms with van der Waals surface area (Å²) in [6.07, 6.45) is 4.80. The van der Waals surface area contributed by atoms with E-state index < -0.39 is 16.1 Å². The molecule has 0 aliphatic carbocycles. The topological polar surface area (TPSA) is 0 Å². The average Bonchev–Trinajstić information content (AvgIpc) is 1.94. The molecule has 0 bridgehead atoms. The Morgan fingerprint density at radius 1 is 1.00 bits per heavy atom. The van der Waals surface area contributed by atoms with Crippen molar-refractivity contribution in [2.45, 2.75) is 45.3 Å². The first-order chi connectivity index (χ1) is 6.10. The van der Waals surface area contributed by atoms with Crippen molar-refractivity contribution in [3.63, 3.8) is 0 Å². The van der Waals surface area contributed by atoms with Crippen LogP contribution in [0.4, 0.5) is 0 Å². The van der Waals surface area contributed by atoms with Crippen LogP contribution < -0.4 is 24.8 Å². The molecule has 0 heterocycles. The van der Waals surface area contributed by atoms with Crippen LogP contribution in [-0.2, 0) is 24.7 Å². The molecule has 0 aromatic heterocycles. The van der Waals surface area contributed by atoms with Gasteiger partial charge in [-0.1, -0.05) is 0 Å². The second-order valence-electron chi connectivity index (χ2n) is 6.12. The van der Waals surface area contributed by atoms with Crippen LogP contribution in [0.3, 0.4) is 0 Å². The van der Waals surface area contributed by atoms with Crippen molar-refractivity contribution in [2.24, 2.45) is 0 Å². The summed E-state index contributed by atoms with van der Waals surface area (Å²) >= 11 is 1.56. The van der Waals surface area contributed by atoms with Crippen molar-refractivity contribution in [2.75, 3.05) is 0 Å². The Hall–Kier alpha value is 1.38. The molecule has 93 valence electrons. The molecule has 0 aliphatic rings. The van der Waals surface area contributed by atoms with E-state index in [2.05, 4.69) is 57.1 Å². The zero-order valence-corrected chi connectivity index (χ0v) is 17.2. The van der Waals surface area contributed by atoms with E-state index in [0.717, 1.165) is 0 Å². The molecule has 0 unspecified atom stereocenters. The Kier molecular flexibility index (Phi) is 13.1. The molecule has 16 heavy (non-hydrogen) atoms. The van der Waals surface area contributed by atoms with Gasteiger partial charge >= 0.3 is 107 Å². The summed E-state index contributed by atoms with van der Waals surface area (Å²) in [4.78, 5) is 0. The van der Waals surface area contributed by atoms with Crippen LogP contribution in [0.1, 0.15) is 0 Å². The fourth-order valence-corrected chi connectivity index (χ4v) is 3.70. The summed E-state index contributed by atoms with van der Waals surface area (Å²) in [6.45, 7) is 14.4. The summed E-state index contributed by atoms with van der Waals surface area (Å²) in [5, 5.41) is 0. The first-order valence-corrected chi connectivity index (χ1v) is 13.7. The zero-order chi connectivity index (χ0) is 11.4. The summed E-state index contributed by atoms with van der Waals surface area (Å²) in [7, 11) is -1.87. The molecular weight excluding hydrogens is 350 g/mol. The summed E-state index contributed by atoms with van der Waals surface area (Å²) in [5.74, 6) is 0. The monoisotopic (exact) mass is 371 g/mol. The normalized spacial score (nSPS) is 13.4. The van der Waals surface area contributed by atoms with E-state index in [1.165, 1.54) is 9.33 Å². The summed E-state index contributed by atoms with van der Waals surface area (Å²) < 4.78 is 1.53. The van der Waals surface area contributed by atoms with Gasteiger partial charge < -0.3 is 24.8 Å². The van der Waals surface area contributed by atoms with Crippen molar-refractivity contribution in [3.8, 4) is 0 Å². The first-order valence-electron chi connectivity index (χ1n) is 5.21. The van der Waals surface area contributed by atoms with E-state index in [0.29, 0.717) is 0 Å². The van der Waals surface area contributed by atoms with Crippen LogP contribution in [0, 0.1) is 0 Å². The van der Waals surface area contributed by atoms with Gasteiger partial charge in [0.25, 0.3) is 0 Å². The van der Waals surface area contributed by atoms with Crippen molar-refractivity contribution in [3.05, 3.63) is 21.1 Å². The number of allylic oxidation sites excluding steroid dienone is 3. The van der Waals surface area contributed by atoms with Crippen LogP contribution >= 0.6 is 0 Å². The Balaban J connectivity index is -0.000000845. The molecule has 0 nitrogen and oxygen atoms in total. The van der Waals surface area contributed by atoms with Gasteiger partial charge in [0.1, 0.15) is 0 Å². The van der Waals surface area contributed by atoms with E-state index in [-0.39, 0.29) is 24.8 Å².